The number of rotatable bonds is 2. The minimum absolute atomic E-state index is 0.0126. The van der Waals surface area contributed by atoms with Gasteiger partial charge in [0.1, 0.15) is 10.6 Å². The summed E-state index contributed by atoms with van der Waals surface area (Å²) in [6.07, 6.45) is 0. The predicted octanol–water partition coefficient (Wildman–Crippen LogP) is 0.717. The van der Waals surface area contributed by atoms with E-state index in [-0.39, 0.29) is 16.7 Å². The molecule has 1 atom stereocenters. The fourth-order valence-corrected chi connectivity index (χ4v) is 3.98. The third-order valence-corrected chi connectivity index (χ3v) is 5.28. The van der Waals surface area contributed by atoms with Crippen molar-refractivity contribution in [2.24, 2.45) is 0 Å². The molecule has 1 aromatic rings. The van der Waals surface area contributed by atoms with Crippen LogP contribution in [0.3, 0.4) is 0 Å². The van der Waals surface area contributed by atoms with Gasteiger partial charge in [-0.3, -0.25) is 0 Å². The number of sulfonamides is 1. The fraction of sp³-hybridized carbons (Fsp3) is 0.500. The van der Waals surface area contributed by atoms with Crippen molar-refractivity contribution in [3.63, 3.8) is 0 Å². The Kier molecular flexibility index (Phi) is 3.61. The highest BCUT2D eigenvalue weighted by molar-refractivity contribution is 7.89. The molecule has 1 heterocycles. The normalized spacial score (nSPS) is 23.1. The minimum Gasteiger partial charge on any atom is -0.507 e. The van der Waals surface area contributed by atoms with Crippen molar-refractivity contribution in [3.05, 3.63) is 24.3 Å². The van der Waals surface area contributed by atoms with E-state index in [9.17, 15) is 13.5 Å². The van der Waals surface area contributed by atoms with E-state index in [0.29, 0.717) is 19.6 Å². The zero-order valence-electron chi connectivity index (χ0n) is 10.6. The summed E-state index contributed by atoms with van der Waals surface area (Å²) in [6, 6.07) is 5.98. The summed E-state index contributed by atoms with van der Waals surface area (Å²) < 4.78 is 26.4. The Hall–Kier alpha value is -1.11. The van der Waals surface area contributed by atoms with E-state index in [1.807, 2.05) is 14.0 Å². The molecule has 0 bridgehead atoms. The number of aromatic hydroxyl groups is 1. The molecule has 1 aliphatic rings. The molecule has 0 saturated carbocycles. The number of nitrogens with zero attached hydrogens (tertiary/aromatic N) is 2. The molecule has 0 aliphatic carbocycles. The average Bonchev–Trinajstić information content (AvgIpc) is 2.28. The summed E-state index contributed by atoms with van der Waals surface area (Å²) in [4.78, 5) is 2.09. The molecule has 1 saturated heterocycles. The van der Waals surface area contributed by atoms with E-state index in [1.165, 1.54) is 16.4 Å². The van der Waals surface area contributed by atoms with Crippen LogP contribution in [0, 0.1) is 0 Å². The Morgan fingerprint density at radius 1 is 1.28 bits per heavy atom. The van der Waals surface area contributed by atoms with E-state index in [4.69, 9.17) is 0 Å². The van der Waals surface area contributed by atoms with Crippen LogP contribution in [0.5, 0.6) is 5.75 Å². The van der Waals surface area contributed by atoms with Gasteiger partial charge in [-0.15, -0.1) is 0 Å². The van der Waals surface area contributed by atoms with Crippen molar-refractivity contribution in [2.75, 3.05) is 26.7 Å². The van der Waals surface area contributed by atoms with Gasteiger partial charge in [-0.05, 0) is 26.1 Å². The van der Waals surface area contributed by atoms with Crippen LogP contribution in [-0.2, 0) is 10.0 Å². The molecule has 6 heteroatoms. The first-order valence-electron chi connectivity index (χ1n) is 5.91. The maximum absolute atomic E-state index is 12.5. The van der Waals surface area contributed by atoms with Gasteiger partial charge in [0.15, 0.2) is 0 Å². The predicted molar refractivity (Wildman–Crippen MR) is 69.0 cm³/mol. The SMILES string of the molecule is CC1CN(C)CCN1S(=O)(=O)c1ccccc1O. The molecule has 0 amide bonds. The zero-order valence-corrected chi connectivity index (χ0v) is 11.4. The number of phenols is 1. The van der Waals surface area contributed by atoms with Crippen LogP contribution >= 0.6 is 0 Å². The topological polar surface area (TPSA) is 60.9 Å². The number of hydrogen-bond acceptors (Lipinski definition) is 4. The second-order valence-electron chi connectivity index (χ2n) is 4.69. The van der Waals surface area contributed by atoms with Crippen molar-refractivity contribution in [2.45, 2.75) is 17.9 Å². The van der Waals surface area contributed by atoms with Crippen molar-refractivity contribution >= 4 is 10.0 Å². The highest BCUT2D eigenvalue weighted by Gasteiger charge is 2.33. The van der Waals surface area contributed by atoms with Crippen molar-refractivity contribution < 1.29 is 13.5 Å². The first kappa shape index (κ1) is 13.3. The Labute approximate surface area is 108 Å². The highest BCUT2D eigenvalue weighted by atomic mass is 32.2. The fourth-order valence-electron chi connectivity index (χ4n) is 2.28. The molecule has 2 rings (SSSR count). The van der Waals surface area contributed by atoms with Gasteiger partial charge in [0.25, 0.3) is 0 Å². The summed E-state index contributed by atoms with van der Waals surface area (Å²) in [7, 11) is -1.64. The molecule has 1 aromatic carbocycles. The first-order valence-corrected chi connectivity index (χ1v) is 7.35. The number of benzene rings is 1. The maximum Gasteiger partial charge on any atom is 0.247 e. The molecule has 100 valence electrons. The lowest BCUT2D eigenvalue weighted by Gasteiger charge is -2.37. The van der Waals surface area contributed by atoms with Crippen molar-refractivity contribution in [1.29, 1.82) is 0 Å². The van der Waals surface area contributed by atoms with Crippen LogP contribution in [0.4, 0.5) is 0 Å². The molecular weight excluding hydrogens is 252 g/mol. The Bertz CT molecular complexity index is 530. The van der Waals surface area contributed by atoms with Gasteiger partial charge < -0.3 is 10.0 Å². The smallest absolute Gasteiger partial charge is 0.247 e. The number of phenolic OH excluding ortho intramolecular Hbond substituents is 1. The lowest BCUT2D eigenvalue weighted by Crippen LogP contribution is -2.52. The number of piperazine rings is 1. The molecule has 0 aromatic heterocycles. The quantitative estimate of drug-likeness (QED) is 0.860. The van der Waals surface area contributed by atoms with Crippen LogP contribution in [0.15, 0.2) is 29.2 Å². The van der Waals surface area contributed by atoms with Crippen molar-refractivity contribution in [3.8, 4) is 5.75 Å². The van der Waals surface area contributed by atoms with Gasteiger partial charge >= 0.3 is 0 Å². The molecule has 0 radical (unpaired) electrons. The van der Waals surface area contributed by atoms with Gasteiger partial charge in [-0.25, -0.2) is 8.42 Å². The highest BCUT2D eigenvalue weighted by Crippen LogP contribution is 2.27. The van der Waals surface area contributed by atoms with E-state index >= 15 is 0 Å². The summed E-state index contributed by atoms with van der Waals surface area (Å²) in [5.41, 5.74) is 0. The molecule has 1 unspecified atom stereocenters. The Balaban J connectivity index is 2.35. The standard InChI is InChI=1S/C12H18N2O3S/c1-10-9-13(2)7-8-14(10)18(16,17)12-6-4-3-5-11(12)15/h3-6,10,15H,7-9H2,1-2H3. The van der Waals surface area contributed by atoms with Crippen LogP contribution in [-0.4, -0.2) is 55.5 Å². The molecule has 5 nitrogen and oxygen atoms in total. The summed E-state index contributed by atoms with van der Waals surface area (Å²) >= 11 is 0. The van der Waals surface area contributed by atoms with E-state index in [2.05, 4.69) is 4.90 Å². The summed E-state index contributed by atoms with van der Waals surface area (Å²) in [5, 5.41) is 9.70. The largest absolute Gasteiger partial charge is 0.507 e. The first-order chi connectivity index (χ1) is 8.43. The molecule has 0 spiro atoms. The van der Waals surface area contributed by atoms with Gasteiger partial charge in [0.05, 0.1) is 0 Å². The number of likely N-dealkylation sites (N-methyl/N-ethyl adjacent to an activating group) is 1. The molecule has 1 aliphatic heterocycles. The summed E-state index contributed by atoms with van der Waals surface area (Å²) in [6.45, 7) is 3.74. The summed E-state index contributed by atoms with van der Waals surface area (Å²) in [5.74, 6) is -0.191. The Morgan fingerprint density at radius 2 is 1.94 bits per heavy atom. The molecule has 1 N–H and O–H groups in total. The number of hydrogen-bond donors (Lipinski definition) is 1. The van der Waals surface area contributed by atoms with E-state index in [1.54, 1.807) is 12.1 Å². The van der Waals surface area contributed by atoms with Gasteiger partial charge in [-0.1, -0.05) is 12.1 Å². The monoisotopic (exact) mass is 270 g/mol. The van der Waals surface area contributed by atoms with Crippen LogP contribution in [0.25, 0.3) is 0 Å². The van der Waals surface area contributed by atoms with E-state index < -0.39 is 10.0 Å². The second-order valence-corrected chi connectivity index (χ2v) is 6.55. The lowest BCUT2D eigenvalue weighted by atomic mass is 10.2. The molecule has 1 fully saturated rings. The van der Waals surface area contributed by atoms with Crippen LogP contribution < -0.4 is 0 Å². The van der Waals surface area contributed by atoms with Crippen LogP contribution in [0.1, 0.15) is 6.92 Å². The minimum atomic E-state index is -3.61. The van der Waals surface area contributed by atoms with Gasteiger partial charge in [0, 0.05) is 25.7 Å². The maximum atomic E-state index is 12.5. The van der Waals surface area contributed by atoms with E-state index in [0.717, 1.165) is 0 Å². The van der Waals surface area contributed by atoms with Gasteiger partial charge in [0.2, 0.25) is 10.0 Å². The second kappa shape index (κ2) is 4.87. The van der Waals surface area contributed by atoms with Gasteiger partial charge in [-0.2, -0.15) is 4.31 Å². The van der Waals surface area contributed by atoms with Crippen molar-refractivity contribution in [1.82, 2.24) is 9.21 Å². The third-order valence-electron chi connectivity index (χ3n) is 3.22. The Morgan fingerprint density at radius 3 is 2.56 bits per heavy atom. The molecule has 18 heavy (non-hydrogen) atoms. The lowest BCUT2D eigenvalue weighted by molar-refractivity contribution is 0.170. The van der Waals surface area contributed by atoms with Crippen LogP contribution in [0.2, 0.25) is 0 Å². The average molecular weight is 270 g/mol. The number of para-hydroxylation sites is 1. The zero-order chi connectivity index (χ0) is 13.3. The molecular formula is C12H18N2O3S. The third kappa shape index (κ3) is 2.36.